The van der Waals surface area contributed by atoms with E-state index in [0.29, 0.717) is 6.54 Å². The molecule has 3 rings (SSSR count). The van der Waals surface area contributed by atoms with Gasteiger partial charge in [0, 0.05) is 26.1 Å². The van der Waals surface area contributed by atoms with Crippen LogP contribution in [0.4, 0.5) is 4.79 Å². The van der Waals surface area contributed by atoms with Crippen LogP contribution in [0.15, 0.2) is 24.3 Å². The van der Waals surface area contributed by atoms with Gasteiger partial charge in [0.25, 0.3) is 5.24 Å². The van der Waals surface area contributed by atoms with Crippen LogP contribution in [0.3, 0.4) is 0 Å². The lowest BCUT2D eigenvalue weighted by Gasteiger charge is -2.13. The summed E-state index contributed by atoms with van der Waals surface area (Å²) in [7, 11) is 1.57. The van der Waals surface area contributed by atoms with E-state index in [9.17, 15) is 14.4 Å². The molecule has 2 atom stereocenters. The minimum atomic E-state index is -0.237. The number of amides is 3. The van der Waals surface area contributed by atoms with Crippen LogP contribution in [0.5, 0.6) is 5.75 Å². The summed E-state index contributed by atoms with van der Waals surface area (Å²) in [6.45, 7) is 0.734. The van der Waals surface area contributed by atoms with Crippen molar-refractivity contribution in [2.24, 2.45) is 5.92 Å². The van der Waals surface area contributed by atoms with Crippen LogP contribution in [0.25, 0.3) is 0 Å². The molecular formula is C17H20N2O5S. The van der Waals surface area contributed by atoms with E-state index in [1.165, 1.54) is 4.90 Å². The van der Waals surface area contributed by atoms with Gasteiger partial charge >= 0.3 is 0 Å². The Hall–Kier alpha value is -2.06. The number of carbonyl (C=O) groups is 3. The monoisotopic (exact) mass is 364 g/mol. The summed E-state index contributed by atoms with van der Waals surface area (Å²) in [6.07, 6.45) is 0.807. The van der Waals surface area contributed by atoms with E-state index in [1.807, 2.05) is 24.3 Å². The average Bonchev–Trinajstić information content (AvgIpc) is 3.36. The second kappa shape index (κ2) is 7.88. The molecule has 1 aromatic carbocycles. The molecule has 0 spiro atoms. The number of hydrogen-bond donors (Lipinski definition) is 1. The highest BCUT2D eigenvalue weighted by Gasteiger charge is 2.43. The Kier molecular flexibility index (Phi) is 5.60. The maximum atomic E-state index is 12.2. The number of carbonyl (C=O) groups excluding carboxylic acids is 3. The molecule has 1 aromatic rings. The molecule has 1 N–H and O–H groups in total. The van der Waals surface area contributed by atoms with E-state index < -0.39 is 0 Å². The molecule has 2 unspecified atom stereocenters. The van der Waals surface area contributed by atoms with E-state index in [0.717, 1.165) is 29.5 Å². The van der Waals surface area contributed by atoms with Crippen LogP contribution in [0.1, 0.15) is 17.9 Å². The molecule has 1 aliphatic carbocycles. The van der Waals surface area contributed by atoms with Gasteiger partial charge in [-0.3, -0.25) is 19.3 Å². The number of nitrogens with zero attached hydrogens (tertiary/aromatic N) is 1. The second-order valence-electron chi connectivity index (χ2n) is 5.96. The first-order valence-electron chi connectivity index (χ1n) is 8.06. The van der Waals surface area contributed by atoms with E-state index in [1.54, 1.807) is 7.11 Å². The van der Waals surface area contributed by atoms with Gasteiger partial charge < -0.3 is 14.8 Å². The summed E-state index contributed by atoms with van der Waals surface area (Å²) in [4.78, 5) is 36.3. The number of nitrogens with one attached hydrogen (secondary N) is 1. The predicted molar refractivity (Wildman–Crippen MR) is 92.4 cm³/mol. The predicted octanol–water partition coefficient (Wildman–Crippen LogP) is 1.58. The summed E-state index contributed by atoms with van der Waals surface area (Å²) >= 11 is 1.00. The zero-order valence-electron chi connectivity index (χ0n) is 13.9. The Morgan fingerprint density at radius 2 is 2.08 bits per heavy atom. The molecule has 0 radical (unpaired) electrons. The fraction of sp³-hybridized carbons (Fsp3) is 0.471. The summed E-state index contributed by atoms with van der Waals surface area (Å²) in [6, 6.07) is 7.65. The maximum Gasteiger partial charge on any atom is 0.288 e. The number of methoxy groups -OCH3 is 1. The molecule has 1 saturated carbocycles. The molecule has 3 amide bonds. The molecule has 1 saturated heterocycles. The number of imide groups is 1. The van der Waals surface area contributed by atoms with E-state index in [4.69, 9.17) is 9.47 Å². The van der Waals surface area contributed by atoms with Gasteiger partial charge in [0.1, 0.15) is 5.75 Å². The SMILES string of the molecule is COCOc1ccc(C2CC2C(=O)NCCN2C(=O)CSC2=O)cc1. The molecule has 7 nitrogen and oxygen atoms in total. The molecule has 0 bridgehead atoms. The van der Waals surface area contributed by atoms with E-state index in [2.05, 4.69) is 5.32 Å². The van der Waals surface area contributed by atoms with Crippen molar-refractivity contribution in [1.82, 2.24) is 10.2 Å². The largest absolute Gasteiger partial charge is 0.468 e. The van der Waals surface area contributed by atoms with Crippen molar-refractivity contribution in [3.05, 3.63) is 29.8 Å². The highest BCUT2D eigenvalue weighted by Crippen LogP contribution is 2.47. The molecular weight excluding hydrogens is 344 g/mol. The summed E-state index contributed by atoms with van der Waals surface area (Å²) in [5, 5.41) is 2.58. The fourth-order valence-corrected chi connectivity index (χ4v) is 3.56. The molecule has 2 aliphatic rings. The second-order valence-corrected chi connectivity index (χ2v) is 6.89. The summed E-state index contributed by atoms with van der Waals surface area (Å²) in [5.41, 5.74) is 1.10. The van der Waals surface area contributed by atoms with Gasteiger partial charge in [-0.15, -0.1) is 0 Å². The van der Waals surface area contributed by atoms with E-state index >= 15 is 0 Å². The van der Waals surface area contributed by atoms with Crippen LogP contribution in [0, 0.1) is 5.92 Å². The average molecular weight is 364 g/mol. The summed E-state index contributed by atoms with van der Waals surface area (Å²) < 4.78 is 10.2. The summed E-state index contributed by atoms with van der Waals surface area (Å²) in [5.74, 6) is 0.861. The standard InChI is InChI=1S/C17H20N2O5S/c1-23-10-24-12-4-2-11(3-5-12)13-8-14(13)16(21)18-6-7-19-15(20)9-25-17(19)22/h2-5,13-14H,6-10H2,1H3,(H,18,21). The first kappa shape index (κ1) is 17.8. The molecule has 134 valence electrons. The Bertz CT molecular complexity index is 648. The Balaban J connectivity index is 1.42. The third kappa shape index (κ3) is 4.32. The molecule has 25 heavy (non-hydrogen) atoms. The van der Waals surface area contributed by atoms with Crippen molar-refractivity contribution in [2.75, 3.05) is 32.7 Å². The van der Waals surface area contributed by atoms with Crippen LogP contribution in [0.2, 0.25) is 0 Å². The van der Waals surface area contributed by atoms with Gasteiger partial charge in [0.05, 0.1) is 5.75 Å². The topological polar surface area (TPSA) is 84.9 Å². The maximum absolute atomic E-state index is 12.2. The number of rotatable bonds is 8. The Morgan fingerprint density at radius 1 is 1.32 bits per heavy atom. The number of hydrogen-bond acceptors (Lipinski definition) is 6. The normalized spacial score (nSPS) is 22.2. The first-order chi connectivity index (χ1) is 12.1. The van der Waals surface area contributed by atoms with Crippen molar-refractivity contribution >= 4 is 28.8 Å². The van der Waals surface area contributed by atoms with Gasteiger partial charge in [-0.05, 0) is 30.0 Å². The van der Waals surface area contributed by atoms with Crippen LogP contribution >= 0.6 is 11.8 Å². The van der Waals surface area contributed by atoms with Crippen LogP contribution in [-0.4, -0.2) is 54.7 Å². The number of benzene rings is 1. The Morgan fingerprint density at radius 3 is 2.72 bits per heavy atom. The lowest BCUT2D eigenvalue weighted by molar-refractivity contribution is -0.126. The molecule has 1 aliphatic heterocycles. The van der Waals surface area contributed by atoms with Crippen molar-refractivity contribution in [3.63, 3.8) is 0 Å². The van der Waals surface area contributed by atoms with Gasteiger partial charge in [-0.1, -0.05) is 23.9 Å². The van der Waals surface area contributed by atoms with Crippen molar-refractivity contribution < 1.29 is 23.9 Å². The third-order valence-corrected chi connectivity index (χ3v) is 5.11. The lowest BCUT2D eigenvalue weighted by Crippen LogP contribution is -2.38. The Labute approximate surface area is 150 Å². The third-order valence-electron chi connectivity index (χ3n) is 4.25. The van der Waals surface area contributed by atoms with Gasteiger partial charge in [0.15, 0.2) is 6.79 Å². The number of thioether (sulfide) groups is 1. The lowest BCUT2D eigenvalue weighted by atomic mass is 10.1. The quantitative estimate of drug-likeness (QED) is 0.705. The van der Waals surface area contributed by atoms with Crippen molar-refractivity contribution in [3.8, 4) is 5.75 Å². The number of ether oxygens (including phenoxy) is 2. The molecule has 2 fully saturated rings. The van der Waals surface area contributed by atoms with Crippen LogP contribution < -0.4 is 10.1 Å². The first-order valence-corrected chi connectivity index (χ1v) is 9.05. The highest BCUT2D eigenvalue weighted by atomic mass is 32.2. The minimum Gasteiger partial charge on any atom is -0.468 e. The minimum absolute atomic E-state index is 0.0311. The molecule has 8 heteroatoms. The molecule has 1 heterocycles. The highest BCUT2D eigenvalue weighted by molar-refractivity contribution is 8.14. The van der Waals surface area contributed by atoms with Crippen molar-refractivity contribution in [1.29, 1.82) is 0 Å². The van der Waals surface area contributed by atoms with Gasteiger partial charge in [0.2, 0.25) is 11.8 Å². The van der Waals surface area contributed by atoms with Crippen molar-refractivity contribution in [2.45, 2.75) is 12.3 Å². The smallest absolute Gasteiger partial charge is 0.288 e. The van der Waals surface area contributed by atoms with Gasteiger partial charge in [-0.2, -0.15) is 0 Å². The van der Waals surface area contributed by atoms with Crippen LogP contribution in [-0.2, 0) is 14.3 Å². The molecule has 0 aromatic heterocycles. The van der Waals surface area contributed by atoms with Gasteiger partial charge in [-0.25, -0.2) is 0 Å². The zero-order valence-corrected chi connectivity index (χ0v) is 14.7. The van der Waals surface area contributed by atoms with E-state index in [-0.39, 0.29) is 48.0 Å². The fourth-order valence-electron chi connectivity index (χ4n) is 2.81. The zero-order chi connectivity index (χ0) is 17.8.